The van der Waals surface area contributed by atoms with Gasteiger partial charge in [-0.05, 0) is 0 Å². The number of piperazine rings is 1. The second-order valence-electron chi connectivity index (χ2n) is 5.27. The van der Waals surface area contributed by atoms with Crippen molar-refractivity contribution in [3.8, 4) is 0 Å². The number of nitrogens with one attached hydrogen (secondary N) is 1. The van der Waals surface area contributed by atoms with Crippen molar-refractivity contribution in [2.24, 2.45) is 5.92 Å². The van der Waals surface area contributed by atoms with E-state index in [1.807, 2.05) is 18.7 Å². The van der Waals surface area contributed by atoms with Gasteiger partial charge in [-0.2, -0.15) is 0 Å². The number of rotatable bonds is 2. The number of aromatic amines is 1. The first-order valence-electron chi connectivity index (χ1n) is 6.84. The van der Waals surface area contributed by atoms with E-state index >= 15 is 0 Å². The molecule has 0 saturated carbocycles. The molecule has 0 bridgehead atoms. The number of hydrogen-bond acceptors (Lipinski definition) is 5. The van der Waals surface area contributed by atoms with Crippen LogP contribution in [0.5, 0.6) is 0 Å². The Morgan fingerprint density at radius 2 is 1.95 bits per heavy atom. The number of aromatic nitrogens is 4. The molecule has 0 atom stereocenters. The molecule has 3 heterocycles. The molecule has 7 heteroatoms. The molecule has 0 aromatic carbocycles. The first kappa shape index (κ1) is 12.8. The minimum absolute atomic E-state index is 0.0555. The fraction of sp³-hybridized carbons (Fsp3) is 0.538. The first-order chi connectivity index (χ1) is 9.66. The number of nitrogens with zero attached hydrogens (tertiary/aromatic N) is 5. The lowest BCUT2D eigenvalue weighted by Crippen LogP contribution is -2.50. The van der Waals surface area contributed by atoms with Crippen LogP contribution in [0, 0.1) is 5.92 Å². The highest BCUT2D eigenvalue weighted by Crippen LogP contribution is 2.21. The number of H-pyrrole nitrogens is 1. The molecule has 0 radical (unpaired) electrons. The normalized spacial score (nSPS) is 16.1. The first-order valence-corrected chi connectivity index (χ1v) is 6.84. The quantitative estimate of drug-likeness (QED) is 0.870. The lowest BCUT2D eigenvalue weighted by molar-refractivity contribution is -0.134. The summed E-state index contributed by atoms with van der Waals surface area (Å²) < 4.78 is 0. The summed E-state index contributed by atoms with van der Waals surface area (Å²) in [5.41, 5.74) is 1.53. The van der Waals surface area contributed by atoms with E-state index in [0.29, 0.717) is 5.65 Å². The standard InChI is InChI=1S/C13H18N6O/c1-9(2)13(20)19-5-3-18(4-6-19)12-10-11(15-7-14-10)16-8-17-12/h7-9H,3-6H2,1-2H3,(H,14,15,16,17). The smallest absolute Gasteiger partial charge is 0.225 e. The molecule has 7 nitrogen and oxygen atoms in total. The number of fused-ring (bicyclic) bond motifs is 1. The molecule has 1 fully saturated rings. The van der Waals surface area contributed by atoms with Crippen molar-refractivity contribution < 1.29 is 4.79 Å². The summed E-state index contributed by atoms with van der Waals surface area (Å²) >= 11 is 0. The lowest BCUT2D eigenvalue weighted by Gasteiger charge is -2.36. The maximum absolute atomic E-state index is 12.0. The molecule has 2 aromatic heterocycles. The van der Waals surface area contributed by atoms with Gasteiger partial charge in [0, 0.05) is 32.1 Å². The van der Waals surface area contributed by atoms with Crippen LogP contribution >= 0.6 is 0 Å². The Kier molecular flexibility index (Phi) is 3.25. The highest BCUT2D eigenvalue weighted by molar-refractivity contribution is 5.83. The van der Waals surface area contributed by atoms with E-state index in [1.54, 1.807) is 6.33 Å². The second-order valence-corrected chi connectivity index (χ2v) is 5.27. The van der Waals surface area contributed by atoms with E-state index in [-0.39, 0.29) is 11.8 Å². The van der Waals surface area contributed by atoms with Crippen LogP contribution in [0.15, 0.2) is 12.7 Å². The summed E-state index contributed by atoms with van der Waals surface area (Å²) in [5, 5.41) is 0. The fourth-order valence-corrected chi connectivity index (χ4v) is 2.50. The van der Waals surface area contributed by atoms with Gasteiger partial charge in [0.2, 0.25) is 5.91 Å². The van der Waals surface area contributed by atoms with E-state index in [4.69, 9.17) is 0 Å². The zero-order chi connectivity index (χ0) is 14.1. The molecule has 20 heavy (non-hydrogen) atoms. The van der Waals surface area contributed by atoms with Crippen LogP contribution < -0.4 is 4.90 Å². The average Bonchev–Trinajstić information content (AvgIpc) is 2.95. The molecule has 1 N–H and O–H groups in total. The highest BCUT2D eigenvalue weighted by atomic mass is 16.2. The summed E-state index contributed by atoms with van der Waals surface area (Å²) in [6, 6.07) is 0. The fourth-order valence-electron chi connectivity index (χ4n) is 2.50. The third-order valence-electron chi connectivity index (χ3n) is 3.59. The Labute approximate surface area is 117 Å². The largest absolute Gasteiger partial charge is 0.351 e. The predicted molar refractivity (Wildman–Crippen MR) is 75.3 cm³/mol. The highest BCUT2D eigenvalue weighted by Gasteiger charge is 2.24. The van der Waals surface area contributed by atoms with Gasteiger partial charge in [-0.1, -0.05) is 13.8 Å². The zero-order valence-corrected chi connectivity index (χ0v) is 11.7. The van der Waals surface area contributed by atoms with E-state index in [0.717, 1.165) is 37.5 Å². The van der Waals surface area contributed by atoms with Crippen molar-refractivity contribution in [2.45, 2.75) is 13.8 Å². The van der Waals surface area contributed by atoms with Gasteiger partial charge in [0.15, 0.2) is 11.5 Å². The van der Waals surface area contributed by atoms with Crippen molar-refractivity contribution in [1.82, 2.24) is 24.8 Å². The maximum Gasteiger partial charge on any atom is 0.225 e. The zero-order valence-electron chi connectivity index (χ0n) is 11.7. The molecule has 1 aliphatic heterocycles. The third kappa shape index (κ3) is 2.19. The molecule has 1 aliphatic rings. The Morgan fingerprint density at radius 3 is 2.65 bits per heavy atom. The van der Waals surface area contributed by atoms with E-state index in [1.165, 1.54) is 6.33 Å². The maximum atomic E-state index is 12.0. The van der Waals surface area contributed by atoms with Gasteiger partial charge in [-0.3, -0.25) is 4.79 Å². The van der Waals surface area contributed by atoms with Gasteiger partial charge in [-0.25, -0.2) is 15.0 Å². The van der Waals surface area contributed by atoms with Crippen LogP contribution in [0.1, 0.15) is 13.8 Å². The van der Waals surface area contributed by atoms with Crippen molar-refractivity contribution in [2.75, 3.05) is 31.1 Å². The summed E-state index contributed by atoms with van der Waals surface area (Å²) in [6.45, 7) is 6.90. The van der Waals surface area contributed by atoms with Gasteiger partial charge >= 0.3 is 0 Å². The monoisotopic (exact) mass is 274 g/mol. The second kappa shape index (κ2) is 5.07. The molecule has 0 aliphatic carbocycles. The minimum atomic E-state index is 0.0555. The van der Waals surface area contributed by atoms with Crippen LogP contribution in [0.2, 0.25) is 0 Å². The molecule has 106 valence electrons. The summed E-state index contributed by atoms with van der Waals surface area (Å²) in [7, 11) is 0. The van der Waals surface area contributed by atoms with Gasteiger partial charge in [0.1, 0.15) is 11.8 Å². The van der Waals surface area contributed by atoms with Crippen molar-refractivity contribution in [3.05, 3.63) is 12.7 Å². The number of amides is 1. The molecule has 0 spiro atoms. The molecule has 0 unspecified atom stereocenters. The number of carbonyl (C=O) groups is 1. The molecular weight excluding hydrogens is 256 g/mol. The summed E-state index contributed by atoms with van der Waals surface area (Å²) in [6.07, 6.45) is 3.16. The van der Waals surface area contributed by atoms with Crippen LogP contribution in [-0.2, 0) is 4.79 Å². The van der Waals surface area contributed by atoms with Gasteiger partial charge in [-0.15, -0.1) is 0 Å². The minimum Gasteiger partial charge on any atom is -0.351 e. The van der Waals surface area contributed by atoms with E-state index < -0.39 is 0 Å². The third-order valence-corrected chi connectivity index (χ3v) is 3.59. The van der Waals surface area contributed by atoms with Crippen molar-refractivity contribution >= 4 is 22.9 Å². The molecular formula is C13H18N6O. The average molecular weight is 274 g/mol. The number of hydrogen-bond donors (Lipinski definition) is 1. The number of imidazole rings is 1. The Bertz CT molecular complexity index is 614. The Morgan fingerprint density at radius 1 is 1.20 bits per heavy atom. The summed E-state index contributed by atoms with van der Waals surface area (Å²) in [4.78, 5) is 31.8. The van der Waals surface area contributed by atoms with Crippen LogP contribution in [0.3, 0.4) is 0 Å². The van der Waals surface area contributed by atoms with Crippen LogP contribution in [0.4, 0.5) is 5.82 Å². The topological polar surface area (TPSA) is 78.0 Å². The van der Waals surface area contributed by atoms with Gasteiger partial charge < -0.3 is 14.8 Å². The van der Waals surface area contributed by atoms with Gasteiger partial charge in [0.05, 0.1) is 6.33 Å². The van der Waals surface area contributed by atoms with Gasteiger partial charge in [0.25, 0.3) is 0 Å². The summed E-state index contributed by atoms with van der Waals surface area (Å²) in [5.74, 6) is 1.14. The van der Waals surface area contributed by atoms with E-state index in [2.05, 4.69) is 24.8 Å². The SMILES string of the molecule is CC(C)C(=O)N1CCN(c2ncnc3nc[nH]c23)CC1. The lowest BCUT2D eigenvalue weighted by atomic mass is 10.1. The predicted octanol–water partition coefficient (Wildman–Crippen LogP) is 0.657. The number of carbonyl (C=O) groups excluding carboxylic acids is 1. The Balaban J connectivity index is 1.75. The molecule has 2 aromatic rings. The molecule has 1 saturated heterocycles. The van der Waals surface area contributed by atoms with Crippen LogP contribution in [-0.4, -0.2) is 56.9 Å². The number of anilines is 1. The molecule has 1 amide bonds. The van der Waals surface area contributed by atoms with E-state index in [9.17, 15) is 4.79 Å². The van der Waals surface area contributed by atoms with Crippen molar-refractivity contribution in [3.63, 3.8) is 0 Å². The van der Waals surface area contributed by atoms with Crippen LogP contribution in [0.25, 0.3) is 11.2 Å². The molecule has 3 rings (SSSR count). The Hall–Kier alpha value is -2.18. The van der Waals surface area contributed by atoms with Crippen molar-refractivity contribution in [1.29, 1.82) is 0 Å².